The number of hydrogen-bond donors (Lipinski definition) is 1. The smallest absolute Gasteiger partial charge is 0.303 e. The van der Waals surface area contributed by atoms with Gasteiger partial charge in [0.2, 0.25) is 5.91 Å². The lowest BCUT2D eigenvalue weighted by Gasteiger charge is -2.28. The lowest BCUT2D eigenvalue weighted by molar-refractivity contribution is -0.137. The van der Waals surface area contributed by atoms with E-state index in [1.54, 1.807) is 12.4 Å². The van der Waals surface area contributed by atoms with Gasteiger partial charge >= 0.3 is 5.97 Å². The van der Waals surface area contributed by atoms with Crippen molar-refractivity contribution in [1.29, 1.82) is 0 Å². The zero-order chi connectivity index (χ0) is 19.8. The standard InChI is InChI=1S/C23H28N2O3/c26-21(27)10-4-5-17-25(18-6-9-19-7-2-1-3-8-19)22(28)23(13-14-23)20-11-15-24-16-12-20/h1-3,7-8,11-12,15-16H,4-6,9-10,13-14,17-18H2,(H,26,27). The third-order valence-electron chi connectivity index (χ3n) is 5.48. The minimum atomic E-state index is -0.780. The van der Waals surface area contributed by atoms with Gasteiger partial charge in [-0.3, -0.25) is 14.6 Å². The van der Waals surface area contributed by atoms with Crippen molar-refractivity contribution >= 4 is 11.9 Å². The van der Waals surface area contributed by atoms with Gasteiger partial charge in [-0.25, -0.2) is 0 Å². The predicted molar refractivity (Wildman–Crippen MR) is 108 cm³/mol. The molecule has 0 bridgehead atoms. The number of carboxylic acids is 1. The number of pyridine rings is 1. The monoisotopic (exact) mass is 380 g/mol. The number of carboxylic acid groups (broad SMARTS) is 1. The van der Waals surface area contributed by atoms with Crippen LogP contribution in [0.1, 0.15) is 49.7 Å². The molecule has 1 amide bonds. The molecular weight excluding hydrogens is 352 g/mol. The van der Waals surface area contributed by atoms with Gasteiger partial charge in [-0.1, -0.05) is 30.3 Å². The van der Waals surface area contributed by atoms with E-state index in [-0.39, 0.29) is 12.3 Å². The maximum atomic E-state index is 13.4. The minimum Gasteiger partial charge on any atom is -0.481 e. The fraction of sp³-hybridized carbons (Fsp3) is 0.435. The van der Waals surface area contributed by atoms with Gasteiger partial charge in [0, 0.05) is 31.9 Å². The van der Waals surface area contributed by atoms with Crippen LogP contribution in [0.25, 0.3) is 0 Å². The number of carbonyl (C=O) groups excluding carboxylic acids is 1. The van der Waals surface area contributed by atoms with Gasteiger partial charge in [-0.05, 0) is 61.8 Å². The molecule has 2 aromatic rings. The topological polar surface area (TPSA) is 70.5 Å². The van der Waals surface area contributed by atoms with E-state index in [4.69, 9.17) is 5.11 Å². The van der Waals surface area contributed by atoms with Gasteiger partial charge in [0.1, 0.15) is 0 Å². The molecule has 0 spiro atoms. The molecule has 1 saturated carbocycles. The largest absolute Gasteiger partial charge is 0.481 e. The number of carbonyl (C=O) groups is 2. The molecule has 5 heteroatoms. The predicted octanol–water partition coefficient (Wildman–Crippen LogP) is 3.83. The minimum absolute atomic E-state index is 0.154. The van der Waals surface area contributed by atoms with Crippen LogP contribution in [-0.2, 0) is 21.4 Å². The molecule has 1 aromatic heterocycles. The summed E-state index contributed by atoms with van der Waals surface area (Å²) < 4.78 is 0. The number of hydrogen-bond acceptors (Lipinski definition) is 3. The van der Waals surface area contributed by atoms with Gasteiger partial charge in [0.15, 0.2) is 0 Å². The number of unbranched alkanes of at least 4 members (excludes halogenated alkanes) is 1. The summed E-state index contributed by atoms with van der Waals surface area (Å²) in [5, 5.41) is 8.86. The second-order valence-electron chi connectivity index (χ2n) is 7.55. The summed E-state index contributed by atoms with van der Waals surface area (Å²) in [5.41, 5.74) is 1.92. The van der Waals surface area contributed by atoms with E-state index in [0.717, 1.165) is 37.7 Å². The maximum Gasteiger partial charge on any atom is 0.303 e. The first kappa shape index (κ1) is 20.1. The van der Waals surface area contributed by atoms with E-state index in [1.165, 1.54) is 5.56 Å². The number of benzene rings is 1. The zero-order valence-electron chi connectivity index (χ0n) is 16.2. The third kappa shape index (κ3) is 5.18. The van der Waals surface area contributed by atoms with Gasteiger partial charge < -0.3 is 10.0 Å². The van der Waals surface area contributed by atoms with Crippen LogP contribution in [0.2, 0.25) is 0 Å². The summed E-state index contributed by atoms with van der Waals surface area (Å²) in [6, 6.07) is 14.2. The van der Waals surface area contributed by atoms with Crippen molar-refractivity contribution in [2.75, 3.05) is 13.1 Å². The van der Waals surface area contributed by atoms with Gasteiger partial charge in [0.25, 0.3) is 0 Å². The molecule has 1 aromatic carbocycles. The molecule has 0 unspecified atom stereocenters. The van der Waals surface area contributed by atoms with Crippen molar-refractivity contribution in [2.45, 2.75) is 50.4 Å². The second-order valence-corrected chi connectivity index (χ2v) is 7.55. The first-order valence-electron chi connectivity index (χ1n) is 10.1. The normalized spacial score (nSPS) is 14.4. The molecule has 1 aliphatic carbocycles. The Balaban J connectivity index is 1.63. The Labute approximate surface area is 166 Å². The van der Waals surface area contributed by atoms with Crippen LogP contribution in [0.15, 0.2) is 54.9 Å². The zero-order valence-corrected chi connectivity index (χ0v) is 16.2. The Bertz CT molecular complexity index is 773. The Kier molecular flexibility index (Phi) is 6.80. The van der Waals surface area contributed by atoms with Gasteiger partial charge in [-0.15, -0.1) is 0 Å². The van der Waals surface area contributed by atoms with Crippen molar-refractivity contribution < 1.29 is 14.7 Å². The number of aliphatic carboxylic acids is 1. The lowest BCUT2D eigenvalue weighted by Crippen LogP contribution is -2.40. The van der Waals surface area contributed by atoms with Crippen LogP contribution in [0, 0.1) is 0 Å². The summed E-state index contributed by atoms with van der Waals surface area (Å²) in [4.78, 5) is 30.2. The quantitative estimate of drug-likeness (QED) is 0.602. The molecule has 0 aliphatic heterocycles. The molecule has 0 saturated heterocycles. The number of nitrogens with zero attached hydrogens (tertiary/aromatic N) is 2. The molecule has 28 heavy (non-hydrogen) atoms. The average Bonchev–Trinajstić information content (AvgIpc) is 3.52. The van der Waals surface area contributed by atoms with Gasteiger partial charge in [0.05, 0.1) is 5.41 Å². The summed E-state index contributed by atoms with van der Waals surface area (Å²) in [6.07, 6.45) is 8.55. The van der Waals surface area contributed by atoms with E-state index in [0.29, 0.717) is 19.5 Å². The summed E-state index contributed by atoms with van der Waals surface area (Å²) in [5.74, 6) is -0.598. The molecule has 3 rings (SSSR count). The maximum absolute atomic E-state index is 13.4. The van der Waals surface area contributed by atoms with Crippen LogP contribution in [0.3, 0.4) is 0 Å². The third-order valence-corrected chi connectivity index (χ3v) is 5.48. The van der Waals surface area contributed by atoms with E-state index >= 15 is 0 Å². The molecule has 0 atom stereocenters. The van der Waals surface area contributed by atoms with E-state index < -0.39 is 11.4 Å². The summed E-state index contributed by atoms with van der Waals surface area (Å²) in [7, 11) is 0. The highest BCUT2D eigenvalue weighted by molar-refractivity contribution is 5.91. The Morgan fingerprint density at radius 1 is 0.964 bits per heavy atom. The lowest BCUT2D eigenvalue weighted by atomic mass is 9.95. The molecule has 148 valence electrons. The Morgan fingerprint density at radius 3 is 2.29 bits per heavy atom. The van der Waals surface area contributed by atoms with Crippen molar-refractivity contribution in [2.24, 2.45) is 0 Å². The fourth-order valence-corrected chi connectivity index (χ4v) is 3.74. The Morgan fingerprint density at radius 2 is 1.64 bits per heavy atom. The van der Waals surface area contributed by atoms with Crippen molar-refractivity contribution in [3.8, 4) is 0 Å². The van der Waals surface area contributed by atoms with Crippen LogP contribution in [0.4, 0.5) is 0 Å². The highest BCUT2D eigenvalue weighted by Gasteiger charge is 2.52. The van der Waals surface area contributed by atoms with Crippen molar-refractivity contribution in [1.82, 2.24) is 9.88 Å². The van der Waals surface area contributed by atoms with Crippen molar-refractivity contribution in [3.63, 3.8) is 0 Å². The molecule has 1 N–H and O–H groups in total. The average molecular weight is 380 g/mol. The highest BCUT2D eigenvalue weighted by atomic mass is 16.4. The molecule has 1 heterocycles. The number of rotatable bonds is 11. The second kappa shape index (κ2) is 9.49. The molecule has 1 fully saturated rings. The van der Waals surface area contributed by atoms with Crippen LogP contribution in [-0.4, -0.2) is 40.0 Å². The van der Waals surface area contributed by atoms with E-state index in [9.17, 15) is 9.59 Å². The summed E-state index contributed by atoms with van der Waals surface area (Å²) in [6.45, 7) is 1.32. The fourth-order valence-electron chi connectivity index (χ4n) is 3.74. The molecule has 0 radical (unpaired) electrons. The first-order chi connectivity index (χ1) is 13.6. The van der Waals surface area contributed by atoms with Gasteiger partial charge in [-0.2, -0.15) is 0 Å². The van der Waals surface area contributed by atoms with E-state index in [2.05, 4.69) is 17.1 Å². The number of amides is 1. The molecular formula is C23H28N2O3. The molecule has 1 aliphatic rings. The van der Waals surface area contributed by atoms with Crippen LogP contribution in [0.5, 0.6) is 0 Å². The summed E-state index contributed by atoms with van der Waals surface area (Å²) >= 11 is 0. The first-order valence-corrected chi connectivity index (χ1v) is 10.1. The number of aryl methyl sites for hydroxylation is 1. The van der Waals surface area contributed by atoms with Crippen LogP contribution < -0.4 is 0 Å². The van der Waals surface area contributed by atoms with Crippen LogP contribution >= 0.6 is 0 Å². The SMILES string of the molecule is O=C(O)CCCCN(CCCc1ccccc1)C(=O)C1(c2ccncc2)CC1. The number of aromatic nitrogens is 1. The van der Waals surface area contributed by atoms with Crippen molar-refractivity contribution in [3.05, 3.63) is 66.0 Å². The van der Waals surface area contributed by atoms with E-state index in [1.807, 2.05) is 35.2 Å². The molecule has 5 nitrogen and oxygen atoms in total. The Hall–Kier alpha value is -2.69. The highest BCUT2D eigenvalue weighted by Crippen LogP contribution is 2.49.